The van der Waals surface area contributed by atoms with Crippen molar-refractivity contribution in [3.63, 3.8) is 0 Å². The molecule has 0 N–H and O–H groups in total. The molecule has 0 heterocycles. The number of hydrogen-bond acceptors (Lipinski definition) is 1. The van der Waals surface area contributed by atoms with Gasteiger partial charge in [-0.2, -0.15) is 0 Å². The van der Waals surface area contributed by atoms with E-state index < -0.39 is 0 Å². The number of hydrogen-bond donors (Lipinski definition) is 0. The third kappa shape index (κ3) is 9.66. The first kappa shape index (κ1) is 36.3. The van der Waals surface area contributed by atoms with E-state index in [1.165, 1.54) is 69.8 Å². The quantitative estimate of drug-likeness (QED) is 0.244. The molecule has 0 amide bonds. The van der Waals surface area contributed by atoms with E-state index in [1.54, 1.807) is 27.6 Å². The first-order valence-corrected chi connectivity index (χ1v) is 19.8. The second-order valence-electron chi connectivity index (χ2n) is 15.1. The summed E-state index contributed by atoms with van der Waals surface area (Å²) in [7, 11) is -0.120. The lowest BCUT2D eigenvalue weighted by Gasteiger charge is -2.40. The van der Waals surface area contributed by atoms with Gasteiger partial charge >= 0.3 is 0 Å². The minimum atomic E-state index is -0.120. The molecule has 0 spiro atoms. The van der Waals surface area contributed by atoms with Crippen LogP contribution in [0, 0.1) is 0 Å². The van der Waals surface area contributed by atoms with Gasteiger partial charge in [0.15, 0.2) is 0 Å². The van der Waals surface area contributed by atoms with Crippen molar-refractivity contribution in [3.05, 3.63) is 53.1 Å². The maximum absolute atomic E-state index is 2.56. The second kappa shape index (κ2) is 17.5. The molecule has 2 aliphatic rings. The Morgan fingerprint density at radius 2 is 1.07 bits per heavy atom. The zero-order chi connectivity index (χ0) is 31.7. The highest BCUT2D eigenvalue weighted by Crippen LogP contribution is 2.56. The van der Waals surface area contributed by atoms with Gasteiger partial charge in [0.05, 0.1) is 0 Å². The molecule has 1 nitrogen and oxygen atoms in total. The van der Waals surface area contributed by atoms with E-state index in [4.69, 9.17) is 0 Å². The lowest BCUT2D eigenvalue weighted by Crippen LogP contribution is -2.36. The van der Waals surface area contributed by atoms with E-state index in [0.717, 1.165) is 17.9 Å². The Kier molecular flexibility index (Phi) is 14.8. The predicted octanol–water partition coefficient (Wildman–Crippen LogP) is 12.6. The number of rotatable bonds is 10. The van der Waals surface area contributed by atoms with E-state index >= 15 is 0 Å². The molecule has 2 aromatic carbocycles. The highest BCUT2D eigenvalue weighted by atomic mass is 31.1. The molecule has 2 aliphatic carbocycles. The molecule has 2 fully saturated rings. The van der Waals surface area contributed by atoms with Crippen molar-refractivity contribution >= 4 is 13.2 Å². The fraction of sp³-hybridized carbons (Fsp3) is 0.707. The molecule has 0 radical (unpaired) electrons. The van der Waals surface area contributed by atoms with Crippen molar-refractivity contribution in [1.29, 1.82) is 0 Å². The SMILES string of the molecule is CC(C)c1cc(C(C)C)c(-c2ccccc2P(C2CCCCC2)C2CCCCC2)c(C(C)C)c1.CCN(C(C)C)C(C)C. The average Bonchev–Trinajstić information content (AvgIpc) is 2.98. The van der Waals surface area contributed by atoms with Gasteiger partial charge in [-0.1, -0.05) is 131 Å². The first-order valence-electron chi connectivity index (χ1n) is 18.3. The van der Waals surface area contributed by atoms with Crippen LogP contribution in [0.1, 0.15) is 175 Å². The van der Waals surface area contributed by atoms with Crippen LogP contribution in [-0.2, 0) is 0 Å². The van der Waals surface area contributed by atoms with E-state index in [1.807, 2.05) is 0 Å². The molecule has 242 valence electrons. The van der Waals surface area contributed by atoms with Crippen molar-refractivity contribution in [3.8, 4) is 11.1 Å². The summed E-state index contributed by atoms with van der Waals surface area (Å²) in [5, 5.41) is 1.75. The van der Waals surface area contributed by atoms with Crippen LogP contribution in [-0.4, -0.2) is 34.8 Å². The Hall–Kier alpha value is -1.17. The van der Waals surface area contributed by atoms with E-state index in [0.29, 0.717) is 29.8 Å². The van der Waals surface area contributed by atoms with Gasteiger partial charge in [0, 0.05) is 12.1 Å². The van der Waals surface area contributed by atoms with Gasteiger partial charge in [0.2, 0.25) is 0 Å². The normalized spacial score (nSPS) is 17.2. The first-order chi connectivity index (χ1) is 20.5. The Bertz CT molecular complexity index is 1030. The molecule has 4 rings (SSSR count). The van der Waals surface area contributed by atoms with Crippen molar-refractivity contribution < 1.29 is 0 Å². The third-order valence-electron chi connectivity index (χ3n) is 10.2. The molecule has 2 heteroatoms. The van der Waals surface area contributed by atoms with Gasteiger partial charge in [0.1, 0.15) is 0 Å². The van der Waals surface area contributed by atoms with Crippen LogP contribution < -0.4 is 5.30 Å². The summed E-state index contributed by atoms with van der Waals surface area (Å²) >= 11 is 0. The summed E-state index contributed by atoms with van der Waals surface area (Å²) in [6.07, 6.45) is 14.6. The Balaban J connectivity index is 0.000000489. The molecular formula is C41H68NP. The Morgan fingerprint density at radius 3 is 1.42 bits per heavy atom. The lowest BCUT2D eigenvalue weighted by atomic mass is 9.82. The summed E-state index contributed by atoms with van der Waals surface area (Å²) in [6.45, 7) is 26.6. The number of benzene rings is 2. The zero-order valence-corrected chi connectivity index (χ0v) is 31.1. The lowest BCUT2D eigenvalue weighted by molar-refractivity contribution is 0.185. The van der Waals surface area contributed by atoms with Gasteiger partial charge in [0.25, 0.3) is 0 Å². The van der Waals surface area contributed by atoms with Crippen LogP contribution in [0.25, 0.3) is 11.1 Å². The zero-order valence-electron chi connectivity index (χ0n) is 30.2. The molecule has 2 saturated carbocycles. The van der Waals surface area contributed by atoms with Crippen molar-refractivity contribution in [2.75, 3.05) is 6.54 Å². The summed E-state index contributed by atoms with van der Waals surface area (Å²) in [4.78, 5) is 2.46. The minimum Gasteiger partial charge on any atom is -0.299 e. The predicted molar refractivity (Wildman–Crippen MR) is 197 cm³/mol. The second-order valence-corrected chi connectivity index (χ2v) is 17.8. The van der Waals surface area contributed by atoms with Crippen LogP contribution in [0.3, 0.4) is 0 Å². The monoisotopic (exact) mass is 606 g/mol. The molecular weight excluding hydrogens is 537 g/mol. The maximum atomic E-state index is 2.56. The van der Waals surface area contributed by atoms with Crippen LogP contribution in [0.4, 0.5) is 0 Å². The van der Waals surface area contributed by atoms with Crippen LogP contribution in [0.2, 0.25) is 0 Å². The smallest absolute Gasteiger partial charge is 0.00411 e. The van der Waals surface area contributed by atoms with Crippen LogP contribution in [0.15, 0.2) is 36.4 Å². The van der Waals surface area contributed by atoms with Gasteiger partial charge in [-0.25, -0.2) is 0 Å². The fourth-order valence-corrected chi connectivity index (χ4v) is 11.9. The Labute approximate surface area is 269 Å². The molecule has 0 saturated heterocycles. The minimum absolute atomic E-state index is 0.120. The van der Waals surface area contributed by atoms with Crippen LogP contribution in [0.5, 0.6) is 0 Å². The number of nitrogens with zero attached hydrogens (tertiary/aromatic N) is 1. The van der Waals surface area contributed by atoms with Crippen molar-refractivity contribution in [2.24, 2.45) is 0 Å². The van der Waals surface area contributed by atoms with Gasteiger partial charge in [-0.05, 0) is 122 Å². The fourth-order valence-electron chi connectivity index (χ4n) is 7.91. The summed E-state index contributed by atoms with van der Waals surface area (Å²) in [6, 6.07) is 16.2. The Morgan fingerprint density at radius 1 is 0.628 bits per heavy atom. The van der Waals surface area contributed by atoms with Crippen molar-refractivity contribution in [1.82, 2.24) is 4.90 Å². The van der Waals surface area contributed by atoms with Crippen molar-refractivity contribution in [2.45, 2.75) is 182 Å². The maximum Gasteiger partial charge on any atom is 0.00411 e. The molecule has 0 bridgehead atoms. The standard InChI is InChI=1S/C33H49P.C8H19N/c1-23(2)26-21-30(24(3)4)33(31(22-26)25(5)6)29-19-13-14-20-32(29)34(27-15-9-7-10-16-27)28-17-11-8-12-18-28;1-6-9(7(2)3)8(4)5/h13-14,19-25,27-28H,7-12,15-18H2,1-6H3;7-8H,6H2,1-5H3. The summed E-state index contributed by atoms with van der Waals surface area (Å²) in [5.41, 5.74) is 9.71. The topological polar surface area (TPSA) is 3.24 Å². The van der Waals surface area contributed by atoms with Gasteiger partial charge in [-0.3, -0.25) is 4.90 Å². The van der Waals surface area contributed by atoms with Gasteiger partial charge < -0.3 is 0 Å². The summed E-state index contributed by atoms with van der Waals surface area (Å²) in [5.74, 6) is 1.64. The van der Waals surface area contributed by atoms with Gasteiger partial charge in [-0.15, -0.1) is 0 Å². The highest BCUT2D eigenvalue weighted by molar-refractivity contribution is 7.67. The third-order valence-corrected chi connectivity index (χ3v) is 13.8. The molecule has 0 atom stereocenters. The molecule has 0 aromatic heterocycles. The molecule has 0 unspecified atom stereocenters. The molecule has 43 heavy (non-hydrogen) atoms. The van der Waals surface area contributed by atoms with E-state index in [2.05, 4.69) is 117 Å². The highest BCUT2D eigenvalue weighted by Gasteiger charge is 2.34. The average molecular weight is 606 g/mol. The van der Waals surface area contributed by atoms with E-state index in [9.17, 15) is 0 Å². The van der Waals surface area contributed by atoms with E-state index in [-0.39, 0.29) is 7.92 Å². The van der Waals surface area contributed by atoms with Crippen LogP contribution >= 0.6 is 7.92 Å². The molecule has 0 aliphatic heterocycles. The largest absolute Gasteiger partial charge is 0.299 e. The summed E-state index contributed by atoms with van der Waals surface area (Å²) < 4.78 is 0. The molecule has 2 aromatic rings.